The Morgan fingerprint density at radius 1 is 1.16 bits per heavy atom. The van der Waals surface area contributed by atoms with Crippen molar-refractivity contribution in [3.8, 4) is 5.75 Å². The third-order valence-electron chi connectivity index (χ3n) is 7.26. The Bertz CT molecular complexity index is 1590. The first kappa shape index (κ1) is 33.6. The van der Waals surface area contributed by atoms with Gasteiger partial charge in [-0.3, -0.25) is 18.9 Å². The van der Waals surface area contributed by atoms with Crippen LogP contribution in [-0.2, 0) is 29.7 Å². The molecule has 3 unspecified atom stereocenters. The fraction of sp³-hybridized carbons (Fsp3) is 0.433. The van der Waals surface area contributed by atoms with Crippen molar-refractivity contribution in [2.45, 2.75) is 58.9 Å². The fourth-order valence-corrected chi connectivity index (χ4v) is 6.72. The Labute approximate surface area is 259 Å². The molecule has 3 aromatic rings. The monoisotopic (exact) mass is 653 g/mol. The van der Waals surface area contributed by atoms with Gasteiger partial charge in [0.2, 0.25) is 11.8 Å². The summed E-state index contributed by atoms with van der Waals surface area (Å²) < 4.78 is 59.7. The molecule has 10 nitrogen and oxygen atoms in total. The van der Waals surface area contributed by atoms with Crippen LogP contribution in [-0.4, -0.2) is 65.4 Å². The summed E-state index contributed by atoms with van der Waals surface area (Å²) in [5.41, 5.74) is 0.974. The second kappa shape index (κ2) is 14.2. The number of nitrogens with zero attached hydrogens (tertiary/aromatic N) is 2. The first-order valence-corrected chi connectivity index (χ1v) is 16.3. The number of carbonyl (C=O) groups excluding carboxylic acids is 3. The molecular formula is C30H35ClF2N3O7P. The standard InChI is InChI=1S/C30H35ClF2N3O7P/c1-5-42-44(40,43-6-2)17-41-21-10-11-23-24(19(4)37)15-35(26(23)13-21)16-28(38)36-14-20(32)12-27(36)30(39)34-18(3)22-8-7-9-25(31)29(22)33/h7-11,13,15,18,20,27H,5-6,12,14,16-17H2,1-4H3,(H,34,39). The van der Waals surface area contributed by atoms with E-state index < -0.39 is 43.5 Å². The van der Waals surface area contributed by atoms with Gasteiger partial charge >= 0.3 is 7.60 Å². The zero-order valence-corrected chi connectivity index (χ0v) is 26.5. The number of hydrogen-bond donors (Lipinski definition) is 1. The van der Waals surface area contributed by atoms with E-state index in [9.17, 15) is 27.7 Å². The van der Waals surface area contributed by atoms with Crippen molar-refractivity contribution in [2.24, 2.45) is 0 Å². The van der Waals surface area contributed by atoms with E-state index in [0.717, 1.165) is 4.90 Å². The van der Waals surface area contributed by atoms with Crippen molar-refractivity contribution in [3.05, 3.63) is 64.6 Å². The highest BCUT2D eigenvalue weighted by Crippen LogP contribution is 2.48. The number of halogens is 3. The number of carbonyl (C=O) groups is 3. The zero-order valence-electron chi connectivity index (χ0n) is 24.8. The molecule has 1 aliphatic rings. The van der Waals surface area contributed by atoms with Crippen LogP contribution in [0, 0.1) is 5.82 Å². The van der Waals surface area contributed by atoms with Crippen LogP contribution in [0.25, 0.3) is 10.9 Å². The number of aromatic nitrogens is 1. The lowest BCUT2D eigenvalue weighted by atomic mass is 10.1. The van der Waals surface area contributed by atoms with Crippen LogP contribution in [0.3, 0.4) is 0 Å². The molecular weight excluding hydrogens is 619 g/mol. The van der Waals surface area contributed by atoms with Gasteiger partial charge < -0.3 is 28.6 Å². The van der Waals surface area contributed by atoms with Crippen molar-refractivity contribution >= 4 is 47.7 Å². The summed E-state index contributed by atoms with van der Waals surface area (Å²) in [5, 5.41) is 3.12. The highest BCUT2D eigenvalue weighted by atomic mass is 35.5. The van der Waals surface area contributed by atoms with Gasteiger partial charge in [0.05, 0.1) is 36.3 Å². The van der Waals surface area contributed by atoms with Crippen LogP contribution >= 0.6 is 19.2 Å². The van der Waals surface area contributed by atoms with E-state index >= 15 is 0 Å². The largest absolute Gasteiger partial charge is 0.481 e. The topological polar surface area (TPSA) is 116 Å². The van der Waals surface area contributed by atoms with E-state index in [-0.39, 0.29) is 55.4 Å². The van der Waals surface area contributed by atoms with Gasteiger partial charge in [0.15, 0.2) is 12.1 Å². The smallest absolute Gasteiger partial charge is 0.367 e. The second-order valence-corrected chi connectivity index (χ2v) is 12.8. The number of rotatable bonds is 13. The molecule has 1 saturated heterocycles. The van der Waals surface area contributed by atoms with Gasteiger partial charge in [-0.2, -0.15) is 0 Å². The van der Waals surface area contributed by atoms with Crippen LogP contribution < -0.4 is 10.1 Å². The first-order valence-electron chi connectivity index (χ1n) is 14.2. The molecule has 0 saturated carbocycles. The van der Waals surface area contributed by atoms with Gasteiger partial charge in [0.1, 0.15) is 30.3 Å². The fourth-order valence-electron chi connectivity index (χ4n) is 5.22. The van der Waals surface area contributed by atoms with Crippen molar-refractivity contribution < 1.29 is 41.5 Å². The van der Waals surface area contributed by atoms with Crippen LogP contribution in [0.4, 0.5) is 8.78 Å². The van der Waals surface area contributed by atoms with Crippen LogP contribution in [0.5, 0.6) is 5.75 Å². The lowest BCUT2D eigenvalue weighted by Crippen LogP contribution is -2.47. The number of ether oxygens (including phenoxy) is 1. The van der Waals surface area contributed by atoms with Gasteiger partial charge in [0.25, 0.3) is 0 Å². The molecule has 238 valence electrons. The highest BCUT2D eigenvalue weighted by molar-refractivity contribution is 7.53. The van der Waals surface area contributed by atoms with Gasteiger partial charge in [0, 0.05) is 35.2 Å². The van der Waals surface area contributed by atoms with Crippen molar-refractivity contribution in [3.63, 3.8) is 0 Å². The summed E-state index contributed by atoms with van der Waals surface area (Å²) in [6.07, 6.45) is -0.486. The summed E-state index contributed by atoms with van der Waals surface area (Å²) >= 11 is 5.87. The summed E-state index contributed by atoms with van der Waals surface area (Å²) in [4.78, 5) is 40.3. The SMILES string of the molecule is CCOP(=O)(COc1ccc2c(C(C)=O)cn(CC(=O)N3CC(F)CC3C(=O)NC(C)c3cccc(Cl)c3F)c2c1)OCC. The molecule has 44 heavy (non-hydrogen) atoms. The Morgan fingerprint density at radius 2 is 1.86 bits per heavy atom. The molecule has 1 aliphatic heterocycles. The molecule has 14 heteroatoms. The molecule has 1 N–H and O–H groups in total. The number of likely N-dealkylation sites (tertiary alicyclic amines) is 1. The van der Waals surface area contributed by atoms with E-state index in [1.807, 2.05) is 0 Å². The molecule has 2 aromatic carbocycles. The maximum atomic E-state index is 14.6. The predicted molar refractivity (Wildman–Crippen MR) is 161 cm³/mol. The third kappa shape index (κ3) is 7.48. The molecule has 2 amide bonds. The lowest BCUT2D eigenvalue weighted by molar-refractivity contribution is -0.139. The average Bonchev–Trinajstić information content (AvgIpc) is 3.54. The third-order valence-corrected chi connectivity index (χ3v) is 9.30. The number of amides is 2. The first-order chi connectivity index (χ1) is 20.9. The van der Waals surface area contributed by atoms with E-state index in [1.54, 1.807) is 45.0 Å². The number of fused-ring (bicyclic) bond motifs is 1. The van der Waals surface area contributed by atoms with Crippen LogP contribution in [0.1, 0.15) is 56.1 Å². The minimum Gasteiger partial charge on any atom is -0.481 e. The van der Waals surface area contributed by atoms with E-state index in [4.69, 9.17) is 25.4 Å². The number of alkyl halides is 1. The molecule has 0 spiro atoms. The van der Waals surface area contributed by atoms with E-state index in [1.165, 1.54) is 29.8 Å². The molecule has 1 aromatic heterocycles. The van der Waals surface area contributed by atoms with Gasteiger partial charge in [-0.25, -0.2) is 8.78 Å². The zero-order chi connectivity index (χ0) is 32.2. The predicted octanol–water partition coefficient (Wildman–Crippen LogP) is 6.06. The number of Topliss-reactive ketones (excluding diaryl/α,β-unsaturated/α-hetero) is 1. The average molecular weight is 654 g/mol. The number of hydrogen-bond acceptors (Lipinski definition) is 7. The molecule has 2 heterocycles. The highest BCUT2D eigenvalue weighted by Gasteiger charge is 2.40. The summed E-state index contributed by atoms with van der Waals surface area (Å²) in [7, 11) is -3.51. The van der Waals surface area contributed by atoms with Gasteiger partial charge in [-0.05, 0) is 45.9 Å². The van der Waals surface area contributed by atoms with Gasteiger partial charge in [-0.1, -0.05) is 23.7 Å². The van der Waals surface area contributed by atoms with Crippen molar-refractivity contribution in [2.75, 3.05) is 26.1 Å². The molecule has 0 bridgehead atoms. The molecule has 0 radical (unpaired) electrons. The molecule has 4 rings (SSSR count). The van der Waals surface area contributed by atoms with E-state index in [0.29, 0.717) is 22.2 Å². The normalized spacial score (nSPS) is 17.6. The van der Waals surface area contributed by atoms with Crippen molar-refractivity contribution in [1.29, 1.82) is 0 Å². The maximum absolute atomic E-state index is 14.6. The Morgan fingerprint density at radius 3 is 2.52 bits per heavy atom. The van der Waals surface area contributed by atoms with Crippen molar-refractivity contribution in [1.82, 2.24) is 14.8 Å². The Hall–Kier alpha value is -3.31. The number of benzene rings is 2. The van der Waals surface area contributed by atoms with Gasteiger partial charge in [-0.15, -0.1) is 0 Å². The quantitative estimate of drug-likeness (QED) is 0.176. The summed E-state index contributed by atoms with van der Waals surface area (Å²) in [6, 6.07) is 7.34. The minimum absolute atomic E-state index is 0.0971. The second-order valence-electron chi connectivity index (χ2n) is 10.4. The Balaban J connectivity index is 1.55. The summed E-state index contributed by atoms with van der Waals surface area (Å²) in [6.45, 7) is 6.05. The minimum atomic E-state index is -3.51. The van der Waals surface area contributed by atoms with Crippen LogP contribution in [0.15, 0.2) is 42.6 Å². The molecule has 1 fully saturated rings. The lowest BCUT2D eigenvalue weighted by Gasteiger charge is -2.26. The number of ketones is 1. The van der Waals surface area contributed by atoms with Crippen LogP contribution in [0.2, 0.25) is 5.02 Å². The number of nitrogens with one attached hydrogen (secondary N) is 1. The van der Waals surface area contributed by atoms with E-state index in [2.05, 4.69) is 5.32 Å². The molecule has 3 atom stereocenters. The molecule has 0 aliphatic carbocycles. The summed E-state index contributed by atoms with van der Waals surface area (Å²) in [5.74, 6) is -1.80. The Kier molecular flexibility index (Phi) is 10.8. The maximum Gasteiger partial charge on any atom is 0.367 e.